The van der Waals surface area contributed by atoms with E-state index in [-0.39, 0.29) is 39.9 Å². The van der Waals surface area contributed by atoms with Crippen molar-refractivity contribution < 1.29 is 18.4 Å². The molecule has 2 rings (SSSR count). The molecule has 0 saturated heterocycles. The third-order valence-electron chi connectivity index (χ3n) is 3.39. The molecule has 0 aromatic carbocycles. The van der Waals surface area contributed by atoms with E-state index in [1.807, 2.05) is 31.2 Å². The molecule has 112 valence electrons. The molecule has 4 nitrogen and oxygen atoms in total. The molecule has 0 aliphatic heterocycles. The Morgan fingerprint density at radius 2 is 1.76 bits per heavy atom. The Labute approximate surface area is 148 Å². The van der Waals surface area contributed by atoms with Crippen LogP contribution in [0.3, 0.4) is 0 Å². The van der Waals surface area contributed by atoms with Gasteiger partial charge >= 0.3 is 29.6 Å². The zero-order valence-corrected chi connectivity index (χ0v) is 12.7. The van der Waals surface area contributed by atoms with E-state index in [1.165, 1.54) is 0 Å². The molecule has 0 bridgehead atoms. The summed E-state index contributed by atoms with van der Waals surface area (Å²) < 4.78 is 32.4. The quantitative estimate of drug-likeness (QED) is 0.695. The first-order valence-corrected chi connectivity index (χ1v) is 7.81. The van der Waals surface area contributed by atoms with Crippen LogP contribution in [-0.2, 0) is 16.5 Å². The van der Waals surface area contributed by atoms with Crippen LogP contribution in [0.25, 0.3) is 11.1 Å². The van der Waals surface area contributed by atoms with E-state index in [4.69, 9.17) is 0 Å². The number of hydrogen-bond acceptors (Lipinski definition) is 2. The average molecular weight is 320 g/mol. The molecule has 0 fully saturated rings. The standard InChI is InChI=1S/C15H18O3S.Na.H2O.H/c1-4-11-9-15(19(16,17)18)14-8-12(10(2)3)6-5-7-13(11)14;;;/h5-10H,4H2,1-3H3,(H,16,17,18);;1H2;. The molecule has 0 amide bonds. The first-order valence-electron chi connectivity index (χ1n) is 6.37. The topological polar surface area (TPSA) is 85.9 Å². The number of aryl methyl sites for hydroxylation is 1. The predicted molar refractivity (Wildman–Crippen MR) is 87.1 cm³/mol. The van der Waals surface area contributed by atoms with Gasteiger partial charge in [0.2, 0.25) is 0 Å². The van der Waals surface area contributed by atoms with Crippen LogP contribution in [0.15, 0.2) is 35.2 Å². The summed E-state index contributed by atoms with van der Waals surface area (Å²) in [6.07, 6.45) is 0.729. The molecule has 6 heteroatoms. The van der Waals surface area contributed by atoms with Crippen molar-refractivity contribution in [3.05, 3.63) is 41.5 Å². The Kier molecular flexibility index (Phi) is 7.56. The van der Waals surface area contributed by atoms with Crippen molar-refractivity contribution in [3.8, 4) is 11.1 Å². The third kappa shape index (κ3) is 4.28. The fourth-order valence-electron chi connectivity index (χ4n) is 2.30. The van der Waals surface area contributed by atoms with Crippen LogP contribution in [0, 0.1) is 0 Å². The molecular weight excluding hydrogens is 299 g/mol. The molecule has 0 aromatic heterocycles. The second-order valence-corrected chi connectivity index (χ2v) is 6.40. The summed E-state index contributed by atoms with van der Waals surface area (Å²) in [7, 11) is -4.19. The molecule has 0 saturated carbocycles. The SMILES string of the molecule is CCc1cc(S(=O)(=O)O)c2cc(C(C)C)cccc1-2.O.[NaH]. The monoisotopic (exact) mass is 320 g/mol. The van der Waals surface area contributed by atoms with Crippen molar-refractivity contribution in [2.24, 2.45) is 0 Å². The first-order chi connectivity index (χ1) is 8.84. The number of hydrogen-bond donors (Lipinski definition) is 1. The second-order valence-electron chi connectivity index (χ2n) is 5.01. The Balaban J connectivity index is 0.00000200. The van der Waals surface area contributed by atoms with Crippen LogP contribution < -0.4 is 0 Å². The predicted octanol–water partition coefficient (Wildman–Crippen LogP) is 2.25. The van der Waals surface area contributed by atoms with Gasteiger partial charge in [-0.05, 0) is 41.2 Å². The maximum atomic E-state index is 11.5. The van der Waals surface area contributed by atoms with Crippen LogP contribution in [0.4, 0.5) is 0 Å². The molecule has 0 unspecified atom stereocenters. The van der Waals surface area contributed by atoms with Gasteiger partial charge in [-0.15, -0.1) is 0 Å². The summed E-state index contributed by atoms with van der Waals surface area (Å²) in [5.41, 5.74) is 3.48. The maximum absolute atomic E-state index is 11.5. The van der Waals surface area contributed by atoms with Crippen LogP contribution >= 0.6 is 0 Å². The normalized spacial score (nSPS) is 11.1. The van der Waals surface area contributed by atoms with Gasteiger partial charge in [-0.2, -0.15) is 8.42 Å². The third-order valence-corrected chi connectivity index (χ3v) is 4.29. The molecule has 0 radical (unpaired) electrons. The minimum atomic E-state index is -4.19. The van der Waals surface area contributed by atoms with Crippen LogP contribution in [0.5, 0.6) is 0 Å². The van der Waals surface area contributed by atoms with Gasteiger partial charge in [0, 0.05) is 5.56 Å². The Morgan fingerprint density at radius 1 is 1.14 bits per heavy atom. The van der Waals surface area contributed by atoms with Gasteiger partial charge in [0.1, 0.15) is 4.90 Å². The zero-order chi connectivity index (χ0) is 14.2. The van der Waals surface area contributed by atoms with Gasteiger partial charge in [0.25, 0.3) is 10.1 Å². The fraction of sp³-hybridized carbons (Fsp3) is 0.333. The van der Waals surface area contributed by atoms with E-state index in [2.05, 4.69) is 13.8 Å². The van der Waals surface area contributed by atoms with Crippen molar-refractivity contribution in [1.29, 1.82) is 0 Å². The molecule has 0 atom stereocenters. The molecule has 21 heavy (non-hydrogen) atoms. The summed E-state index contributed by atoms with van der Waals surface area (Å²) in [5.74, 6) is 0.296. The summed E-state index contributed by atoms with van der Waals surface area (Å²) >= 11 is 0. The minimum absolute atomic E-state index is 0. The Hall–Kier alpha value is -0.430. The van der Waals surface area contributed by atoms with E-state index in [9.17, 15) is 13.0 Å². The van der Waals surface area contributed by atoms with Gasteiger partial charge in [-0.1, -0.05) is 39.0 Å². The van der Waals surface area contributed by atoms with Gasteiger partial charge in [-0.25, -0.2) is 0 Å². The molecule has 3 N–H and O–H groups in total. The second kappa shape index (κ2) is 7.72. The summed E-state index contributed by atoms with van der Waals surface area (Å²) in [5, 5.41) is 0. The molecular formula is C15H21NaO4S. The molecule has 0 heterocycles. The van der Waals surface area contributed by atoms with Crippen LogP contribution in [-0.4, -0.2) is 48.0 Å². The van der Waals surface area contributed by atoms with Crippen LogP contribution in [0.1, 0.15) is 37.8 Å². The Morgan fingerprint density at radius 3 is 2.24 bits per heavy atom. The summed E-state index contributed by atoms with van der Waals surface area (Å²) in [6.45, 7) is 6.08. The number of rotatable bonds is 3. The van der Waals surface area contributed by atoms with Crippen molar-refractivity contribution >= 4 is 39.7 Å². The zero-order valence-electron chi connectivity index (χ0n) is 11.8. The number of fused-ring (bicyclic) bond motifs is 1. The van der Waals surface area contributed by atoms with E-state index in [1.54, 1.807) is 6.07 Å². The van der Waals surface area contributed by atoms with Crippen molar-refractivity contribution in [2.75, 3.05) is 0 Å². The van der Waals surface area contributed by atoms with Gasteiger partial charge in [0.15, 0.2) is 0 Å². The molecule has 2 aliphatic rings. The summed E-state index contributed by atoms with van der Waals surface area (Å²) in [4.78, 5) is 0.0115. The van der Waals surface area contributed by atoms with E-state index >= 15 is 0 Å². The van der Waals surface area contributed by atoms with E-state index in [0.717, 1.165) is 23.1 Å². The van der Waals surface area contributed by atoms with Gasteiger partial charge in [0.05, 0.1) is 0 Å². The van der Waals surface area contributed by atoms with E-state index in [0.29, 0.717) is 11.5 Å². The Bertz CT molecular complexity index is 680. The van der Waals surface area contributed by atoms with E-state index < -0.39 is 10.1 Å². The molecule has 0 aromatic rings. The van der Waals surface area contributed by atoms with Gasteiger partial charge < -0.3 is 5.48 Å². The van der Waals surface area contributed by atoms with Gasteiger partial charge in [-0.3, -0.25) is 4.55 Å². The molecule has 2 aliphatic carbocycles. The first kappa shape index (κ1) is 20.6. The fourth-order valence-corrected chi connectivity index (χ4v) is 3.04. The van der Waals surface area contributed by atoms with Crippen molar-refractivity contribution in [3.63, 3.8) is 0 Å². The molecule has 0 spiro atoms. The summed E-state index contributed by atoms with van der Waals surface area (Å²) in [6, 6.07) is 9.27. The average Bonchev–Trinajstić information content (AvgIpc) is 2.52. The van der Waals surface area contributed by atoms with Crippen molar-refractivity contribution in [1.82, 2.24) is 0 Å². The van der Waals surface area contributed by atoms with Crippen molar-refractivity contribution in [2.45, 2.75) is 38.0 Å². The van der Waals surface area contributed by atoms with Crippen LogP contribution in [0.2, 0.25) is 0 Å².